The molecular formula is C23H32N2. The highest BCUT2D eigenvalue weighted by Gasteiger charge is 2.58. The first-order valence-electron chi connectivity index (χ1n) is 10.6. The summed E-state index contributed by atoms with van der Waals surface area (Å²) in [5, 5.41) is 8.19. The molecule has 4 aliphatic rings. The molecule has 0 bridgehead atoms. The van der Waals surface area contributed by atoms with Crippen molar-refractivity contribution >= 4 is 0 Å². The summed E-state index contributed by atoms with van der Waals surface area (Å²) in [6, 6.07) is 2.22. The number of fused-ring (bicyclic) bond motifs is 5. The highest BCUT2D eigenvalue weighted by molar-refractivity contribution is 5.27. The molecular weight excluding hydrogens is 304 g/mol. The molecule has 5 rings (SSSR count). The van der Waals surface area contributed by atoms with E-state index in [1.807, 2.05) is 18.0 Å². The largest absolute Gasteiger partial charge is 0.159 e. The molecule has 2 nitrogen and oxygen atoms in total. The van der Waals surface area contributed by atoms with Gasteiger partial charge in [-0.25, -0.2) is 0 Å². The van der Waals surface area contributed by atoms with Crippen molar-refractivity contribution in [1.82, 2.24) is 10.2 Å². The van der Waals surface area contributed by atoms with Crippen LogP contribution in [0, 0.1) is 28.6 Å². The summed E-state index contributed by atoms with van der Waals surface area (Å²) in [5.74, 6) is 3.46. The predicted molar refractivity (Wildman–Crippen MR) is 101 cm³/mol. The Labute approximate surface area is 152 Å². The van der Waals surface area contributed by atoms with Gasteiger partial charge in [-0.15, -0.1) is 0 Å². The maximum absolute atomic E-state index is 4.18. The zero-order valence-corrected chi connectivity index (χ0v) is 15.9. The molecule has 25 heavy (non-hydrogen) atoms. The number of nitrogens with zero attached hydrogens (tertiary/aromatic N) is 2. The number of rotatable bonds is 1. The molecule has 1 aromatic rings. The van der Waals surface area contributed by atoms with E-state index in [9.17, 15) is 0 Å². The Bertz CT molecular complexity index is 681. The van der Waals surface area contributed by atoms with Gasteiger partial charge in [-0.05, 0) is 97.5 Å². The highest BCUT2D eigenvalue weighted by Crippen LogP contribution is 2.67. The van der Waals surface area contributed by atoms with Crippen molar-refractivity contribution in [2.45, 2.75) is 77.6 Å². The van der Waals surface area contributed by atoms with Crippen molar-refractivity contribution in [2.24, 2.45) is 28.6 Å². The Kier molecular flexibility index (Phi) is 3.63. The third kappa shape index (κ3) is 2.22. The first-order chi connectivity index (χ1) is 12.1. The molecule has 1 aromatic heterocycles. The lowest BCUT2D eigenvalue weighted by Crippen LogP contribution is -2.49. The second-order valence-electron chi connectivity index (χ2n) is 9.82. The summed E-state index contributed by atoms with van der Waals surface area (Å²) in [7, 11) is 0. The van der Waals surface area contributed by atoms with Crippen LogP contribution in [0.1, 0.15) is 83.1 Å². The molecule has 0 aromatic carbocycles. The summed E-state index contributed by atoms with van der Waals surface area (Å²) in [6.07, 6.45) is 19.3. The summed E-state index contributed by atoms with van der Waals surface area (Å²) in [5.41, 5.74) is 4.27. The zero-order valence-electron chi connectivity index (χ0n) is 15.9. The van der Waals surface area contributed by atoms with E-state index in [4.69, 9.17) is 0 Å². The predicted octanol–water partition coefficient (Wildman–Crippen LogP) is 5.91. The third-order valence-corrected chi connectivity index (χ3v) is 9.03. The van der Waals surface area contributed by atoms with E-state index in [0.29, 0.717) is 16.7 Å². The molecule has 0 aliphatic heterocycles. The van der Waals surface area contributed by atoms with E-state index in [2.05, 4.69) is 36.2 Å². The van der Waals surface area contributed by atoms with Gasteiger partial charge >= 0.3 is 0 Å². The lowest BCUT2D eigenvalue weighted by atomic mass is 9.47. The first-order valence-corrected chi connectivity index (χ1v) is 10.6. The summed E-state index contributed by atoms with van der Waals surface area (Å²) in [6.45, 7) is 5.23. The fourth-order valence-electron chi connectivity index (χ4n) is 7.75. The second kappa shape index (κ2) is 5.66. The molecule has 0 spiro atoms. The zero-order chi connectivity index (χ0) is 17.1. The second-order valence-corrected chi connectivity index (χ2v) is 9.82. The molecule has 0 amide bonds. The molecule has 3 fully saturated rings. The van der Waals surface area contributed by atoms with Crippen LogP contribution < -0.4 is 0 Å². The van der Waals surface area contributed by atoms with Crippen LogP contribution in [0.25, 0.3) is 0 Å². The number of hydrogen-bond donors (Lipinski definition) is 0. The van der Waals surface area contributed by atoms with Crippen molar-refractivity contribution < 1.29 is 0 Å². The SMILES string of the molecule is C[C@]12CC[C@H]3[C@@H](CC=C4CCCC[C@@]43C)[C@@H]1CC[C@@H]2c1ccnnc1. The molecule has 0 unspecified atom stereocenters. The van der Waals surface area contributed by atoms with Gasteiger partial charge in [-0.1, -0.05) is 31.9 Å². The van der Waals surface area contributed by atoms with Crippen molar-refractivity contribution in [2.75, 3.05) is 0 Å². The van der Waals surface area contributed by atoms with E-state index in [1.54, 1.807) is 0 Å². The molecule has 0 saturated heterocycles. The summed E-state index contributed by atoms with van der Waals surface area (Å²) >= 11 is 0. The Morgan fingerprint density at radius 2 is 1.92 bits per heavy atom. The van der Waals surface area contributed by atoms with Crippen molar-refractivity contribution in [3.63, 3.8) is 0 Å². The molecule has 0 N–H and O–H groups in total. The molecule has 134 valence electrons. The lowest BCUT2D eigenvalue weighted by Gasteiger charge is -2.57. The molecule has 6 atom stereocenters. The van der Waals surface area contributed by atoms with Crippen LogP contribution in [0.2, 0.25) is 0 Å². The van der Waals surface area contributed by atoms with E-state index in [1.165, 1.54) is 63.4 Å². The topological polar surface area (TPSA) is 25.8 Å². The van der Waals surface area contributed by atoms with E-state index in [-0.39, 0.29) is 0 Å². The van der Waals surface area contributed by atoms with Gasteiger partial charge in [0.05, 0.1) is 6.20 Å². The van der Waals surface area contributed by atoms with Crippen LogP contribution in [-0.2, 0) is 0 Å². The van der Waals surface area contributed by atoms with Gasteiger partial charge in [-0.2, -0.15) is 10.2 Å². The monoisotopic (exact) mass is 336 g/mol. The van der Waals surface area contributed by atoms with Gasteiger partial charge in [0.1, 0.15) is 0 Å². The molecule has 2 heteroatoms. The molecule has 0 radical (unpaired) electrons. The third-order valence-electron chi connectivity index (χ3n) is 9.03. The summed E-state index contributed by atoms with van der Waals surface area (Å²) in [4.78, 5) is 0. The van der Waals surface area contributed by atoms with Crippen molar-refractivity contribution in [3.8, 4) is 0 Å². The quantitative estimate of drug-likeness (QED) is 0.595. The Hall–Kier alpha value is -1.18. The maximum atomic E-state index is 4.18. The minimum atomic E-state index is 0.473. The van der Waals surface area contributed by atoms with Crippen LogP contribution in [0.5, 0.6) is 0 Å². The first kappa shape index (κ1) is 16.0. The fraction of sp³-hybridized carbons (Fsp3) is 0.739. The van der Waals surface area contributed by atoms with E-state index < -0.39 is 0 Å². The van der Waals surface area contributed by atoms with Crippen molar-refractivity contribution in [1.29, 1.82) is 0 Å². The minimum Gasteiger partial charge on any atom is -0.159 e. The van der Waals surface area contributed by atoms with E-state index in [0.717, 1.165) is 17.8 Å². The van der Waals surface area contributed by atoms with Crippen LogP contribution >= 0.6 is 0 Å². The van der Waals surface area contributed by atoms with Gasteiger partial charge in [-0.3, -0.25) is 0 Å². The van der Waals surface area contributed by atoms with Crippen molar-refractivity contribution in [3.05, 3.63) is 35.7 Å². The smallest absolute Gasteiger partial charge is 0.0531 e. The summed E-state index contributed by atoms with van der Waals surface area (Å²) < 4.78 is 0. The standard InChI is InChI=1S/C23H32N2/c1-22-12-4-3-5-17(22)6-7-18-20-9-8-19(16-11-14-24-25-15-16)23(20,2)13-10-21(18)22/h6,11,14-15,18-21H,3-5,7-10,12-13H2,1-2H3/t18-,19+,20-,21-,22-,23+/m0/s1. The van der Waals surface area contributed by atoms with Gasteiger partial charge < -0.3 is 0 Å². The Balaban J connectivity index is 1.48. The van der Waals surface area contributed by atoms with Gasteiger partial charge in [0.15, 0.2) is 0 Å². The Morgan fingerprint density at radius 1 is 1.00 bits per heavy atom. The van der Waals surface area contributed by atoms with E-state index >= 15 is 0 Å². The maximum Gasteiger partial charge on any atom is 0.0531 e. The Morgan fingerprint density at radius 3 is 2.76 bits per heavy atom. The fourth-order valence-corrected chi connectivity index (χ4v) is 7.75. The molecule has 4 aliphatic carbocycles. The average molecular weight is 337 g/mol. The normalized spacial score (nSPS) is 45.9. The lowest BCUT2D eigenvalue weighted by molar-refractivity contribution is -0.0308. The van der Waals surface area contributed by atoms with Gasteiger partial charge in [0.25, 0.3) is 0 Å². The molecule has 1 heterocycles. The minimum absolute atomic E-state index is 0.473. The van der Waals surface area contributed by atoms with Crippen LogP contribution in [0.3, 0.4) is 0 Å². The van der Waals surface area contributed by atoms with Gasteiger partial charge in [0, 0.05) is 6.20 Å². The van der Waals surface area contributed by atoms with Crippen LogP contribution in [-0.4, -0.2) is 10.2 Å². The average Bonchev–Trinajstić information content (AvgIpc) is 2.99. The van der Waals surface area contributed by atoms with Gasteiger partial charge in [0.2, 0.25) is 0 Å². The number of hydrogen-bond acceptors (Lipinski definition) is 2. The van der Waals surface area contributed by atoms with Crippen LogP contribution in [0.15, 0.2) is 30.1 Å². The number of aromatic nitrogens is 2. The number of allylic oxidation sites excluding steroid dienone is 2. The molecule has 3 saturated carbocycles. The highest BCUT2D eigenvalue weighted by atomic mass is 15.1. The van der Waals surface area contributed by atoms with Crippen LogP contribution in [0.4, 0.5) is 0 Å².